The summed E-state index contributed by atoms with van der Waals surface area (Å²) in [4.78, 5) is 25.8. The minimum atomic E-state index is -0.970. The third-order valence-electron chi connectivity index (χ3n) is 4.19. The zero-order valence-electron chi connectivity index (χ0n) is 14.6. The summed E-state index contributed by atoms with van der Waals surface area (Å²) in [5.74, 6) is -1.76. The molecule has 0 spiro atoms. The number of hydrogen-bond donors (Lipinski definition) is 0. The molecule has 3 aromatic carbocycles. The van der Waals surface area contributed by atoms with Gasteiger partial charge in [-0.25, -0.2) is 0 Å². The molecule has 0 aliphatic heterocycles. The molecule has 3 heteroatoms. The van der Waals surface area contributed by atoms with Crippen LogP contribution in [0.4, 0.5) is 0 Å². The molecule has 130 valence electrons. The van der Waals surface area contributed by atoms with Gasteiger partial charge in [-0.2, -0.15) is 0 Å². The minimum absolute atomic E-state index is 0.143. The topological polar surface area (TPSA) is 43.4 Å². The normalized spacial score (nSPS) is 11.6. The fourth-order valence-corrected chi connectivity index (χ4v) is 2.74. The zero-order chi connectivity index (χ0) is 18.4. The van der Waals surface area contributed by atoms with E-state index in [-0.39, 0.29) is 12.4 Å². The second kappa shape index (κ2) is 8.26. The van der Waals surface area contributed by atoms with Crippen LogP contribution in [-0.2, 0) is 16.1 Å². The summed E-state index contributed by atoms with van der Waals surface area (Å²) in [5.41, 5.74) is 3.08. The SMILES string of the molecule is Cc1ccc(C(=O)C(C(=O)OCc2ccccc2)c2ccccc2)cc1. The Bertz CT molecular complexity index is 868. The first kappa shape index (κ1) is 17.6. The molecule has 3 nitrogen and oxygen atoms in total. The van der Waals surface area contributed by atoms with Gasteiger partial charge in [0.15, 0.2) is 5.78 Å². The van der Waals surface area contributed by atoms with Crippen molar-refractivity contribution in [2.24, 2.45) is 0 Å². The summed E-state index contributed by atoms with van der Waals surface area (Å²) < 4.78 is 5.45. The van der Waals surface area contributed by atoms with Crippen molar-refractivity contribution in [3.8, 4) is 0 Å². The summed E-state index contributed by atoms with van der Waals surface area (Å²) in [6, 6.07) is 25.7. The molecule has 0 fully saturated rings. The fraction of sp³-hybridized carbons (Fsp3) is 0.130. The summed E-state index contributed by atoms with van der Waals surface area (Å²) in [6.45, 7) is 2.10. The second-order valence-electron chi connectivity index (χ2n) is 6.17. The highest BCUT2D eigenvalue weighted by molar-refractivity contribution is 6.12. The zero-order valence-corrected chi connectivity index (χ0v) is 14.6. The molecule has 0 bridgehead atoms. The van der Waals surface area contributed by atoms with Crippen LogP contribution in [0.2, 0.25) is 0 Å². The van der Waals surface area contributed by atoms with E-state index in [1.54, 1.807) is 24.3 Å². The largest absolute Gasteiger partial charge is 0.460 e. The van der Waals surface area contributed by atoms with Crippen LogP contribution in [-0.4, -0.2) is 11.8 Å². The maximum Gasteiger partial charge on any atom is 0.321 e. The molecule has 1 unspecified atom stereocenters. The molecule has 3 rings (SSSR count). The minimum Gasteiger partial charge on any atom is -0.460 e. The first-order valence-corrected chi connectivity index (χ1v) is 8.51. The molecular formula is C23H20O3. The molecule has 0 aromatic heterocycles. The van der Waals surface area contributed by atoms with E-state index in [9.17, 15) is 9.59 Å². The summed E-state index contributed by atoms with van der Waals surface area (Å²) in [6.07, 6.45) is 0. The number of carbonyl (C=O) groups excluding carboxylic acids is 2. The van der Waals surface area contributed by atoms with Crippen molar-refractivity contribution in [2.75, 3.05) is 0 Å². The van der Waals surface area contributed by atoms with Crippen LogP contribution in [0.1, 0.15) is 33.0 Å². The molecule has 0 saturated carbocycles. The maximum atomic E-state index is 13.0. The molecule has 0 heterocycles. The molecule has 26 heavy (non-hydrogen) atoms. The lowest BCUT2D eigenvalue weighted by Gasteiger charge is -2.16. The first-order chi connectivity index (χ1) is 12.6. The number of benzene rings is 3. The predicted molar refractivity (Wildman–Crippen MR) is 101 cm³/mol. The van der Waals surface area contributed by atoms with Crippen molar-refractivity contribution in [1.82, 2.24) is 0 Å². The van der Waals surface area contributed by atoms with Gasteiger partial charge in [-0.3, -0.25) is 9.59 Å². The lowest BCUT2D eigenvalue weighted by atomic mass is 9.90. The quantitative estimate of drug-likeness (QED) is 0.370. The summed E-state index contributed by atoms with van der Waals surface area (Å²) in [7, 11) is 0. The Balaban J connectivity index is 1.84. The van der Waals surface area contributed by atoms with Crippen molar-refractivity contribution in [1.29, 1.82) is 0 Å². The van der Waals surface area contributed by atoms with Crippen molar-refractivity contribution in [3.63, 3.8) is 0 Å². The van der Waals surface area contributed by atoms with E-state index < -0.39 is 11.9 Å². The van der Waals surface area contributed by atoms with Gasteiger partial charge in [0.05, 0.1) is 0 Å². The standard InChI is InChI=1S/C23H20O3/c1-17-12-14-20(15-13-17)22(24)21(19-10-6-3-7-11-19)23(25)26-16-18-8-4-2-5-9-18/h2-15,21H,16H2,1H3. The van der Waals surface area contributed by atoms with E-state index in [4.69, 9.17) is 4.74 Å². The van der Waals surface area contributed by atoms with Gasteiger partial charge in [0.25, 0.3) is 0 Å². The van der Waals surface area contributed by atoms with Gasteiger partial charge >= 0.3 is 5.97 Å². The number of ether oxygens (including phenoxy) is 1. The van der Waals surface area contributed by atoms with Gasteiger partial charge in [-0.1, -0.05) is 90.5 Å². The van der Waals surface area contributed by atoms with Gasteiger partial charge in [-0.15, -0.1) is 0 Å². The maximum absolute atomic E-state index is 13.0. The number of esters is 1. The third kappa shape index (κ3) is 4.25. The van der Waals surface area contributed by atoms with Crippen LogP contribution in [0.5, 0.6) is 0 Å². The lowest BCUT2D eigenvalue weighted by molar-refractivity contribution is -0.145. The van der Waals surface area contributed by atoms with E-state index >= 15 is 0 Å². The average molecular weight is 344 g/mol. The Hall–Kier alpha value is -3.20. The highest BCUT2D eigenvalue weighted by Crippen LogP contribution is 2.23. The van der Waals surface area contributed by atoms with Crippen molar-refractivity contribution < 1.29 is 14.3 Å². The van der Waals surface area contributed by atoms with Gasteiger partial charge in [0.2, 0.25) is 0 Å². The smallest absolute Gasteiger partial charge is 0.321 e. The Kier molecular flexibility index (Phi) is 5.59. The molecule has 0 aliphatic rings. The van der Waals surface area contributed by atoms with Crippen molar-refractivity contribution >= 4 is 11.8 Å². The summed E-state index contributed by atoms with van der Waals surface area (Å²) >= 11 is 0. The fourth-order valence-electron chi connectivity index (χ4n) is 2.74. The number of ketones is 1. The molecular weight excluding hydrogens is 324 g/mol. The molecule has 0 saturated heterocycles. The van der Waals surface area contributed by atoms with Crippen molar-refractivity contribution in [3.05, 3.63) is 107 Å². The molecule has 0 amide bonds. The van der Waals surface area contributed by atoms with E-state index in [2.05, 4.69) is 0 Å². The first-order valence-electron chi connectivity index (χ1n) is 8.51. The Morgan fingerprint density at radius 1 is 0.808 bits per heavy atom. The van der Waals surface area contributed by atoms with Crippen LogP contribution in [0.3, 0.4) is 0 Å². The van der Waals surface area contributed by atoms with E-state index in [0.717, 1.165) is 11.1 Å². The summed E-state index contributed by atoms with van der Waals surface area (Å²) in [5, 5.41) is 0. The highest BCUT2D eigenvalue weighted by Gasteiger charge is 2.30. The van der Waals surface area contributed by atoms with E-state index in [1.165, 1.54) is 0 Å². The van der Waals surface area contributed by atoms with Gasteiger partial charge in [-0.05, 0) is 18.1 Å². The van der Waals surface area contributed by atoms with Crippen LogP contribution in [0.25, 0.3) is 0 Å². The number of carbonyl (C=O) groups is 2. The average Bonchev–Trinajstić information content (AvgIpc) is 2.69. The molecule has 0 N–H and O–H groups in total. The van der Waals surface area contributed by atoms with Gasteiger partial charge < -0.3 is 4.74 Å². The van der Waals surface area contributed by atoms with E-state index in [1.807, 2.05) is 67.6 Å². The Morgan fingerprint density at radius 2 is 1.38 bits per heavy atom. The second-order valence-corrected chi connectivity index (χ2v) is 6.17. The molecule has 1 atom stereocenters. The monoisotopic (exact) mass is 344 g/mol. The number of rotatable bonds is 6. The van der Waals surface area contributed by atoms with Gasteiger partial charge in [0.1, 0.15) is 12.5 Å². The Labute approximate surface area is 153 Å². The van der Waals surface area contributed by atoms with Crippen molar-refractivity contribution in [2.45, 2.75) is 19.4 Å². The van der Waals surface area contributed by atoms with Crippen LogP contribution < -0.4 is 0 Å². The third-order valence-corrected chi connectivity index (χ3v) is 4.19. The molecule has 3 aromatic rings. The van der Waals surface area contributed by atoms with Gasteiger partial charge in [0, 0.05) is 5.56 Å². The molecule has 0 radical (unpaired) electrons. The highest BCUT2D eigenvalue weighted by atomic mass is 16.5. The lowest BCUT2D eigenvalue weighted by Crippen LogP contribution is -2.24. The number of hydrogen-bond acceptors (Lipinski definition) is 3. The number of aryl methyl sites for hydroxylation is 1. The Morgan fingerprint density at radius 3 is 2.00 bits per heavy atom. The van der Waals surface area contributed by atoms with Crippen LogP contribution in [0.15, 0.2) is 84.9 Å². The predicted octanol–water partition coefficient (Wildman–Crippen LogP) is 4.70. The van der Waals surface area contributed by atoms with Crippen LogP contribution in [0, 0.1) is 6.92 Å². The van der Waals surface area contributed by atoms with E-state index in [0.29, 0.717) is 11.1 Å². The number of Topliss-reactive ketones (excluding diaryl/α,β-unsaturated/α-hetero) is 1. The molecule has 0 aliphatic carbocycles. The van der Waals surface area contributed by atoms with Crippen LogP contribution >= 0.6 is 0 Å².